The first-order valence-electron chi connectivity index (χ1n) is 4.52. The Kier molecular flexibility index (Phi) is 4.99. The Hall–Kier alpha value is -1.06. The Morgan fingerprint density at radius 3 is 2.47 bits per heavy atom. The van der Waals surface area contributed by atoms with Crippen LogP contribution in [0.1, 0.15) is 5.56 Å². The molecular weight excluding hydrogens is 304 g/mol. The minimum atomic E-state index is -5.15. The highest BCUT2D eigenvalue weighted by Gasteiger charge is 2.32. The van der Waals surface area contributed by atoms with Gasteiger partial charge in [0, 0.05) is 11.8 Å². The maximum Gasteiger partial charge on any atom is 0.481 e. The van der Waals surface area contributed by atoms with Crippen molar-refractivity contribution in [3.8, 4) is 6.01 Å². The maximum absolute atomic E-state index is 11.1. The van der Waals surface area contributed by atoms with Crippen LogP contribution < -0.4 is 10.5 Å². The van der Waals surface area contributed by atoms with Crippen molar-refractivity contribution in [2.45, 2.75) is 6.61 Å². The van der Waals surface area contributed by atoms with Gasteiger partial charge in [-0.15, -0.1) is 0 Å². The predicted molar refractivity (Wildman–Crippen MR) is 60.7 cm³/mol. The molecule has 108 valence electrons. The monoisotopic (exact) mass is 315 g/mol. The summed E-state index contributed by atoms with van der Waals surface area (Å²) in [4.78, 5) is 33.1. The first-order chi connectivity index (χ1) is 8.63. The third-order valence-corrected chi connectivity index (χ3v) is 3.78. The van der Waals surface area contributed by atoms with E-state index in [1.165, 1.54) is 13.3 Å². The highest BCUT2D eigenvalue weighted by molar-refractivity contribution is 7.60. The lowest BCUT2D eigenvalue weighted by Gasteiger charge is -2.12. The number of nitrogens with two attached hydrogens (primary N) is 1. The molecule has 0 aliphatic heterocycles. The van der Waals surface area contributed by atoms with E-state index in [-0.39, 0.29) is 17.4 Å². The number of phosphoric acid groups is 2. The summed E-state index contributed by atoms with van der Waals surface area (Å²) in [5, 5.41) is 0. The van der Waals surface area contributed by atoms with Crippen LogP contribution in [0, 0.1) is 0 Å². The lowest BCUT2D eigenvalue weighted by atomic mass is 10.3. The van der Waals surface area contributed by atoms with Crippen LogP contribution in [0.2, 0.25) is 0 Å². The molecule has 0 saturated carbocycles. The SMILES string of the molecule is COc1ncc(COP(=O)(O)OP(=O)(O)O)c(N)n1. The summed E-state index contributed by atoms with van der Waals surface area (Å²) in [5.41, 5.74) is 5.59. The van der Waals surface area contributed by atoms with Gasteiger partial charge in [-0.05, 0) is 0 Å². The van der Waals surface area contributed by atoms with Gasteiger partial charge in [0.05, 0.1) is 13.7 Å². The molecule has 1 rings (SSSR count). The Morgan fingerprint density at radius 1 is 1.37 bits per heavy atom. The number of rotatable bonds is 6. The number of anilines is 1. The number of nitrogen functional groups attached to an aromatic ring is 1. The molecule has 1 aromatic rings. The van der Waals surface area contributed by atoms with Gasteiger partial charge in [-0.25, -0.2) is 14.1 Å². The van der Waals surface area contributed by atoms with Crippen LogP contribution in [0.15, 0.2) is 6.20 Å². The summed E-state index contributed by atoms with van der Waals surface area (Å²) < 4.78 is 34.2. The quantitative estimate of drug-likeness (QED) is 0.511. The first-order valence-corrected chi connectivity index (χ1v) is 7.55. The molecule has 19 heavy (non-hydrogen) atoms. The third-order valence-electron chi connectivity index (χ3n) is 1.65. The van der Waals surface area contributed by atoms with Gasteiger partial charge in [-0.2, -0.15) is 9.29 Å². The summed E-state index contributed by atoms with van der Waals surface area (Å²) in [7, 11) is -8.76. The summed E-state index contributed by atoms with van der Waals surface area (Å²) >= 11 is 0. The average molecular weight is 315 g/mol. The lowest BCUT2D eigenvalue weighted by molar-refractivity contribution is 0.172. The second kappa shape index (κ2) is 5.93. The van der Waals surface area contributed by atoms with Gasteiger partial charge < -0.3 is 25.2 Å². The van der Waals surface area contributed by atoms with E-state index in [0.29, 0.717) is 0 Å². The molecule has 0 fully saturated rings. The third kappa shape index (κ3) is 5.62. The molecule has 1 heterocycles. The van der Waals surface area contributed by atoms with Crippen molar-refractivity contribution in [3.05, 3.63) is 11.8 Å². The molecule has 0 radical (unpaired) electrons. The highest BCUT2D eigenvalue weighted by atomic mass is 31.3. The number of methoxy groups -OCH3 is 1. The van der Waals surface area contributed by atoms with Gasteiger partial charge in [-0.1, -0.05) is 0 Å². The standard InChI is InChI=1S/C6H11N3O8P2/c1-15-6-8-2-4(5(7)9-6)3-16-19(13,14)17-18(10,11)12/h2H,3H2,1H3,(H,13,14)(H2,7,8,9)(H2,10,11,12). The fourth-order valence-corrected chi connectivity index (χ4v) is 2.49. The molecule has 0 amide bonds. The maximum atomic E-state index is 11.1. The van der Waals surface area contributed by atoms with Crippen LogP contribution in [0.25, 0.3) is 0 Å². The Morgan fingerprint density at radius 2 is 2.00 bits per heavy atom. The van der Waals surface area contributed by atoms with Crippen molar-refractivity contribution in [1.82, 2.24) is 9.97 Å². The van der Waals surface area contributed by atoms with Crippen LogP contribution in [0.4, 0.5) is 5.82 Å². The number of hydrogen-bond acceptors (Lipinski definition) is 8. The van der Waals surface area contributed by atoms with Gasteiger partial charge in [0.25, 0.3) is 0 Å². The van der Waals surface area contributed by atoms with Gasteiger partial charge >= 0.3 is 21.7 Å². The number of ether oxygens (including phenoxy) is 1. The van der Waals surface area contributed by atoms with Crippen LogP contribution in [0.5, 0.6) is 6.01 Å². The Balaban J connectivity index is 2.71. The Bertz CT molecular complexity index is 545. The minimum Gasteiger partial charge on any atom is -0.467 e. The highest BCUT2D eigenvalue weighted by Crippen LogP contribution is 2.57. The summed E-state index contributed by atoms with van der Waals surface area (Å²) in [6.45, 7) is -0.580. The summed E-state index contributed by atoms with van der Waals surface area (Å²) in [6, 6.07) is -0.0140. The van der Waals surface area contributed by atoms with Crippen molar-refractivity contribution in [3.63, 3.8) is 0 Å². The summed E-state index contributed by atoms with van der Waals surface area (Å²) in [5.74, 6) is -0.0805. The molecular formula is C6H11N3O8P2. The fourth-order valence-electron chi connectivity index (χ4n) is 0.922. The molecule has 1 aromatic heterocycles. The molecule has 0 saturated heterocycles. The zero-order valence-corrected chi connectivity index (χ0v) is 11.3. The van der Waals surface area contributed by atoms with E-state index in [1.807, 2.05) is 0 Å². The molecule has 1 atom stereocenters. The predicted octanol–water partition coefficient (Wildman–Crippen LogP) is -0.206. The van der Waals surface area contributed by atoms with Crippen molar-refractivity contribution in [1.29, 1.82) is 0 Å². The number of phosphoric ester groups is 1. The van der Waals surface area contributed by atoms with Gasteiger partial charge in [0.1, 0.15) is 5.82 Å². The number of hydrogen-bond donors (Lipinski definition) is 4. The molecule has 0 aliphatic rings. The van der Waals surface area contributed by atoms with E-state index in [1.54, 1.807) is 0 Å². The Labute approximate surface area is 107 Å². The lowest BCUT2D eigenvalue weighted by Crippen LogP contribution is -2.03. The molecule has 0 bridgehead atoms. The van der Waals surface area contributed by atoms with E-state index in [0.717, 1.165) is 0 Å². The molecule has 0 aliphatic carbocycles. The van der Waals surface area contributed by atoms with E-state index >= 15 is 0 Å². The van der Waals surface area contributed by atoms with E-state index < -0.39 is 22.3 Å². The van der Waals surface area contributed by atoms with Crippen LogP contribution in [-0.4, -0.2) is 31.8 Å². The van der Waals surface area contributed by atoms with E-state index in [2.05, 4.69) is 23.5 Å². The van der Waals surface area contributed by atoms with Gasteiger partial charge in [0.15, 0.2) is 0 Å². The fraction of sp³-hybridized carbons (Fsp3) is 0.333. The molecule has 0 aromatic carbocycles. The molecule has 0 spiro atoms. The van der Waals surface area contributed by atoms with Crippen molar-refractivity contribution >= 4 is 21.5 Å². The second-order valence-electron chi connectivity index (χ2n) is 3.08. The first kappa shape index (κ1) is 16.0. The molecule has 13 heteroatoms. The largest absolute Gasteiger partial charge is 0.481 e. The minimum absolute atomic E-state index is 0.0140. The normalized spacial score (nSPS) is 14.9. The van der Waals surface area contributed by atoms with E-state index in [9.17, 15) is 9.13 Å². The van der Waals surface area contributed by atoms with Crippen LogP contribution in [0.3, 0.4) is 0 Å². The number of nitrogens with zero attached hydrogens (tertiary/aromatic N) is 2. The van der Waals surface area contributed by atoms with Crippen molar-refractivity contribution < 1.29 is 37.4 Å². The van der Waals surface area contributed by atoms with Crippen molar-refractivity contribution in [2.75, 3.05) is 12.8 Å². The van der Waals surface area contributed by atoms with Gasteiger partial charge in [0.2, 0.25) is 0 Å². The molecule has 1 unspecified atom stereocenters. The van der Waals surface area contributed by atoms with E-state index in [4.69, 9.17) is 20.4 Å². The molecule has 5 N–H and O–H groups in total. The van der Waals surface area contributed by atoms with Gasteiger partial charge in [-0.3, -0.25) is 4.52 Å². The zero-order valence-electron chi connectivity index (χ0n) is 9.53. The van der Waals surface area contributed by atoms with Crippen LogP contribution in [-0.2, 0) is 24.6 Å². The average Bonchev–Trinajstić information content (AvgIpc) is 2.24. The second-order valence-corrected chi connectivity index (χ2v) is 5.91. The molecule has 11 nitrogen and oxygen atoms in total. The number of aromatic nitrogens is 2. The topological polar surface area (TPSA) is 174 Å². The van der Waals surface area contributed by atoms with Crippen LogP contribution >= 0.6 is 15.6 Å². The van der Waals surface area contributed by atoms with Crippen molar-refractivity contribution in [2.24, 2.45) is 0 Å². The summed E-state index contributed by atoms with van der Waals surface area (Å²) in [6.07, 6.45) is 1.17. The smallest absolute Gasteiger partial charge is 0.467 e. The zero-order chi connectivity index (χ0) is 14.7.